The summed E-state index contributed by atoms with van der Waals surface area (Å²) in [5.74, 6) is -0.0730. The molecule has 1 saturated heterocycles. The van der Waals surface area contributed by atoms with E-state index in [1.807, 2.05) is 11.9 Å². The summed E-state index contributed by atoms with van der Waals surface area (Å²) >= 11 is 0. The second kappa shape index (κ2) is 3.51. The van der Waals surface area contributed by atoms with Crippen molar-refractivity contribution in [3.05, 3.63) is 0 Å². The molecule has 2 N–H and O–H groups in total. The number of nitrogens with zero attached hydrogens (tertiary/aromatic N) is 1. The molecule has 1 atom stereocenters. The summed E-state index contributed by atoms with van der Waals surface area (Å²) < 4.78 is 0. The zero-order valence-corrected chi connectivity index (χ0v) is 8.62. The van der Waals surface area contributed by atoms with Gasteiger partial charge in [-0.3, -0.25) is 9.69 Å². The first-order valence-electron chi connectivity index (χ1n) is 5.34. The molecule has 1 amide bonds. The Kier molecular flexibility index (Phi) is 2.49. The van der Waals surface area contributed by atoms with Crippen molar-refractivity contribution in [1.82, 2.24) is 10.2 Å². The topological polar surface area (TPSA) is 52.6 Å². The fraction of sp³-hybridized carbons (Fsp3) is 0.900. The van der Waals surface area contributed by atoms with Crippen LogP contribution in [-0.2, 0) is 4.79 Å². The molecule has 0 bridgehead atoms. The predicted molar refractivity (Wildman–Crippen MR) is 52.6 cm³/mol. The highest BCUT2D eigenvalue weighted by Crippen LogP contribution is 2.36. The van der Waals surface area contributed by atoms with E-state index in [1.165, 1.54) is 6.42 Å². The van der Waals surface area contributed by atoms with E-state index < -0.39 is 6.23 Å². The van der Waals surface area contributed by atoms with Crippen LogP contribution in [0, 0.1) is 0 Å². The Labute approximate surface area is 84.3 Å². The quantitative estimate of drug-likeness (QED) is 0.579. The summed E-state index contributed by atoms with van der Waals surface area (Å²) in [7, 11) is 1.94. The second-order valence-corrected chi connectivity index (χ2v) is 4.49. The van der Waals surface area contributed by atoms with Crippen LogP contribution in [0.2, 0.25) is 0 Å². The van der Waals surface area contributed by atoms with E-state index in [1.54, 1.807) is 0 Å². The zero-order valence-electron chi connectivity index (χ0n) is 8.62. The van der Waals surface area contributed by atoms with Crippen molar-refractivity contribution in [3.63, 3.8) is 0 Å². The van der Waals surface area contributed by atoms with Crippen molar-refractivity contribution >= 4 is 5.91 Å². The molecule has 0 aromatic rings. The molecule has 1 saturated carbocycles. The van der Waals surface area contributed by atoms with Gasteiger partial charge in [0.15, 0.2) is 0 Å². The van der Waals surface area contributed by atoms with Crippen LogP contribution in [0.4, 0.5) is 0 Å². The Hall–Kier alpha value is -0.610. The van der Waals surface area contributed by atoms with Crippen molar-refractivity contribution in [3.8, 4) is 0 Å². The van der Waals surface area contributed by atoms with Gasteiger partial charge in [-0.25, -0.2) is 0 Å². The van der Waals surface area contributed by atoms with E-state index in [0.717, 1.165) is 25.7 Å². The van der Waals surface area contributed by atoms with Crippen molar-refractivity contribution in [2.75, 3.05) is 13.6 Å². The van der Waals surface area contributed by atoms with Crippen molar-refractivity contribution in [1.29, 1.82) is 0 Å². The summed E-state index contributed by atoms with van der Waals surface area (Å²) in [5.41, 5.74) is -0.188. The number of carbonyl (C=O) groups excluding carboxylic acids is 1. The normalized spacial score (nSPS) is 33.0. The summed E-state index contributed by atoms with van der Waals surface area (Å²) in [6, 6.07) is 0. The van der Waals surface area contributed by atoms with E-state index in [-0.39, 0.29) is 11.4 Å². The molecule has 2 rings (SSSR count). The molecule has 0 aromatic heterocycles. The van der Waals surface area contributed by atoms with Crippen LogP contribution in [0.5, 0.6) is 0 Å². The fourth-order valence-corrected chi connectivity index (χ4v) is 2.73. The molecule has 1 heterocycles. The number of hydrogen-bond acceptors (Lipinski definition) is 3. The summed E-state index contributed by atoms with van der Waals surface area (Å²) in [6.45, 7) is 0.414. The molecule has 80 valence electrons. The molecule has 2 aliphatic rings. The largest absolute Gasteiger partial charge is 0.372 e. The van der Waals surface area contributed by atoms with Gasteiger partial charge >= 0.3 is 0 Å². The number of carbonyl (C=O) groups is 1. The Balaban J connectivity index is 2.18. The van der Waals surface area contributed by atoms with Crippen molar-refractivity contribution < 1.29 is 9.90 Å². The maximum absolute atomic E-state index is 11.2. The fourth-order valence-electron chi connectivity index (χ4n) is 2.73. The first-order chi connectivity index (χ1) is 6.65. The third-order valence-corrected chi connectivity index (χ3v) is 3.67. The average Bonchev–Trinajstić information content (AvgIpc) is 2.16. The van der Waals surface area contributed by atoms with E-state index in [0.29, 0.717) is 6.54 Å². The monoisotopic (exact) mass is 198 g/mol. The van der Waals surface area contributed by atoms with Gasteiger partial charge in [0.05, 0.1) is 12.1 Å². The van der Waals surface area contributed by atoms with Crippen LogP contribution in [0.1, 0.15) is 32.1 Å². The number of hydrogen-bond donors (Lipinski definition) is 2. The van der Waals surface area contributed by atoms with Gasteiger partial charge in [0.25, 0.3) is 0 Å². The minimum atomic E-state index is -0.686. The first kappa shape index (κ1) is 9.93. The Morgan fingerprint density at radius 3 is 2.64 bits per heavy atom. The number of rotatable bonds is 0. The number of likely N-dealkylation sites (N-methyl/N-ethyl adjacent to an activating group) is 1. The van der Waals surface area contributed by atoms with E-state index in [9.17, 15) is 9.90 Å². The van der Waals surface area contributed by atoms with Crippen LogP contribution in [-0.4, -0.2) is 41.3 Å². The standard InChI is InChI=1S/C10H18N2O2/c1-12-7-8(13)11-9(14)10(12)5-3-2-4-6-10/h9,14H,2-7H2,1H3,(H,11,13). The summed E-state index contributed by atoms with van der Waals surface area (Å²) in [6.07, 6.45) is 4.84. The van der Waals surface area contributed by atoms with Gasteiger partial charge in [0.2, 0.25) is 5.91 Å². The van der Waals surface area contributed by atoms with Gasteiger partial charge in [-0.05, 0) is 19.9 Å². The molecule has 0 aromatic carbocycles. The van der Waals surface area contributed by atoms with Crippen molar-refractivity contribution in [2.24, 2.45) is 0 Å². The van der Waals surface area contributed by atoms with Crippen LogP contribution >= 0.6 is 0 Å². The number of piperazine rings is 1. The molecule has 1 aliphatic carbocycles. The van der Waals surface area contributed by atoms with E-state index in [4.69, 9.17) is 0 Å². The lowest BCUT2D eigenvalue weighted by atomic mass is 9.78. The van der Waals surface area contributed by atoms with E-state index in [2.05, 4.69) is 5.32 Å². The molecule has 4 heteroatoms. The van der Waals surface area contributed by atoms with Gasteiger partial charge in [-0.2, -0.15) is 0 Å². The van der Waals surface area contributed by atoms with Gasteiger partial charge in [-0.15, -0.1) is 0 Å². The highest BCUT2D eigenvalue weighted by Gasteiger charge is 2.46. The lowest BCUT2D eigenvalue weighted by Crippen LogP contribution is -2.68. The second-order valence-electron chi connectivity index (χ2n) is 4.49. The Morgan fingerprint density at radius 1 is 1.43 bits per heavy atom. The first-order valence-corrected chi connectivity index (χ1v) is 5.34. The minimum absolute atomic E-state index is 0.0730. The van der Waals surface area contributed by atoms with Gasteiger partial charge in [-0.1, -0.05) is 19.3 Å². The Morgan fingerprint density at radius 2 is 2.07 bits per heavy atom. The average molecular weight is 198 g/mol. The number of aliphatic hydroxyl groups is 1. The van der Waals surface area contributed by atoms with Gasteiger partial charge in [0.1, 0.15) is 6.23 Å². The smallest absolute Gasteiger partial charge is 0.236 e. The van der Waals surface area contributed by atoms with E-state index >= 15 is 0 Å². The lowest BCUT2D eigenvalue weighted by Gasteiger charge is -2.50. The van der Waals surface area contributed by atoms with Crippen molar-refractivity contribution in [2.45, 2.75) is 43.9 Å². The zero-order chi connectivity index (χ0) is 10.2. The molecule has 1 unspecified atom stereocenters. The molecule has 2 fully saturated rings. The molecule has 1 aliphatic heterocycles. The van der Waals surface area contributed by atoms with Crippen LogP contribution in [0.3, 0.4) is 0 Å². The SMILES string of the molecule is CN1CC(=O)NC(O)C12CCCCC2. The Bertz CT molecular complexity index is 220. The summed E-state index contributed by atoms with van der Waals surface area (Å²) in [5, 5.41) is 12.6. The molecular weight excluding hydrogens is 180 g/mol. The highest BCUT2D eigenvalue weighted by atomic mass is 16.3. The number of nitrogens with one attached hydrogen (secondary N) is 1. The predicted octanol–water partition coefficient (Wildman–Crippen LogP) is 0.0693. The molecular formula is C10H18N2O2. The summed E-state index contributed by atoms with van der Waals surface area (Å²) in [4.78, 5) is 13.2. The third kappa shape index (κ3) is 1.42. The molecule has 0 radical (unpaired) electrons. The number of aliphatic hydroxyl groups excluding tert-OH is 1. The maximum atomic E-state index is 11.2. The van der Waals surface area contributed by atoms with Crippen LogP contribution in [0.25, 0.3) is 0 Å². The molecule has 1 spiro atoms. The van der Waals surface area contributed by atoms with Crippen LogP contribution < -0.4 is 5.32 Å². The minimum Gasteiger partial charge on any atom is -0.372 e. The van der Waals surface area contributed by atoms with Gasteiger partial charge in [0, 0.05) is 0 Å². The lowest BCUT2D eigenvalue weighted by molar-refractivity contribution is -0.145. The number of amides is 1. The van der Waals surface area contributed by atoms with Crippen LogP contribution in [0.15, 0.2) is 0 Å². The molecule has 4 nitrogen and oxygen atoms in total. The third-order valence-electron chi connectivity index (χ3n) is 3.67. The highest BCUT2D eigenvalue weighted by molar-refractivity contribution is 5.79. The molecule has 14 heavy (non-hydrogen) atoms. The maximum Gasteiger partial charge on any atom is 0.236 e. The van der Waals surface area contributed by atoms with Gasteiger partial charge < -0.3 is 10.4 Å².